The van der Waals surface area contributed by atoms with Gasteiger partial charge in [-0.3, -0.25) is 0 Å². The van der Waals surface area contributed by atoms with Gasteiger partial charge in [-0.15, -0.1) is 0 Å². The zero-order chi connectivity index (χ0) is 7.98. The van der Waals surface area contributed by atoms with Gasteiger partial charge in [0.1, 0.15) is 0 Å². The Balaban J connectivity index is 3.52. The predicted molar refractivity (Wildman–Crippen MR) is 39.0 cm³/mol. The summed E-state index contributed by atoms with van der Waals surface area (Å²) in [4.78, 5) is 0. The van der Waals surface area contributed by atoms with Crippen LogP contribution in [0.4, 0.5) is 0 Å². The summed E-state index contributed by atoms with van der Waals surface area (Å²) in [6.45, 7) is 4.77. The van der Waals surface area contributed by atoms with E-state index >= 15 is 0 Å². The summed E-state index contributed by atoms with van der Waals surface area (Å²) in [6.07, 6.45) is 1.83. The van der Waals surface area contributed by atoms with Crippen LogP contribution in [-0.4, -0.2) is 18.3 Å². The van der Waals surface area contributed by atoms with Crippen molar-refractivity contribution in [2.75, 3.05) is 13.2 Å². The fourth-order valence-corrected chi connectivity index (χ4v) is 0.688. The monoisotopic (exact) mass is 142 g/mol. The molecule has 0 spiro atoms. The molecular formula is C7H14N2O. The van der Waals surface area contributed by atoms with Crippen LogP contribution in [0.15, 0.2) is 0 Å². The van der Waals surface area contributed by atoms with Crippen molar-refractivity contribution in [1.29, 1.82) is 5.26 Å². The van der Waals surface area contributed by atoms with Crippen molar-refractivity contribution in [3.63, 3.8) is 0 Å². The van der Waals surface area contributed by atoms with Gasteiger partial charge in [0.2, 0.25) is 0 Å². The molecule has 10 heavy (non-hydrogen) atoms. The van der Waals surface area contributed by atoms with E-state index in [4.69, 9.17) is 10.4 Å². The Kier molecular flexibility index (Phi) is 4.69. The molecule has 3 heteroatoms. The van der Waals surface area contributed by atoms with Crippen molar-refractivity contribution in [2.24, 2.45) is 11.8 Å². The molecule has 0 aromatic rings. The van der Waals surface area contributed by atoms with Gasteiger partial charge in [-0.05, 0) is 5.92 Å². The van der Waals surface area contributed by atoms with Crippen molar-refractivity contribution in [3.8, 4) is 6.19 Å². The highest BCUT2D eigenvalue weighted by molar-refractivity contribution is 4.71. The van der Waals surface area contributed by atoms with Crippen LogP contribution in [0, 0.1) is 23.3 Å². The van der Waals surface area contributed by atoms with Gasteiger partial charge < -0.3 is 10.4 Å². The Morgan fingerprint density at radius 3 is 2.50 bits per heavy atom. The molecule has 0 rings (SSSR count). The Labute approximate surface area is 61.7 Å². The van der Waals surface area contributed by atoms with Gasteiger partial charge in [0.25, 0.3) is 0 Å². The van der Waals surface area contributed by atoms with E-state index in [9.17, 15) is 0 Å². The van der Waals surface area contributed by atoms with Crippen molar-refractivity contribution in [3.05, 3.63) is 0 Å². The minimum atomic E-state index is 0.145. The second kappa shape index (κ2) is 5.07. The summed E-state index contributed by atoms with van der Waals surface area (Å²) in [6, 6.07) is 0. The molecule has 0 aromatic carbocycles. The first-order chi connectivity index (χ1) is 4.72. The zero-order valence-electron chi connectivity index (χ0n) is 6.46. The van der Waals surface area contributed by atoms with Crippen LogP contribution in [0.25, 0.3) is 0 Å². The minimum Gasteiger partial charge on any atom is -0.396 e. The highest BCUT2D eigenvalue weighted by Gasteiger charge is 2.10. The number of nitrogens with one attached hydrogen (secondary N) is 1. The van der Waals surface area contributed by atoms with E-state index in [-0.39, 0.29) is 12.5 Å². The molecule has 2 N–H and O–H groups in total. The van der Waals surface area contributed by atoms with E-state index in [2.05, 4.69) is 5.32 Å². The Hall–Kier alpha value is -0.750. The Morgan fingerprint density at radius 2 is 2.20 bits per heavy atom. The summed E-state index contributed by atoms with van der Waals surface area (Å²) in [5.41, 5.74) is 0. The molecule has 0 aliphatic rings. The first-order valence-electron chi connectivity index (χ1n) is 3.45. The lowest BCUT2D eigenvalue weighted by Crippen LogP contribution is -2.25. The summed E-state index contributed by atoms with van der Waals surface area (Å²) in [5, 5.41) is 19.4. The van der Waals surface area contributed by atoms with E-state index in [0.717, 1.165) is 0 Å². The molecule has 1 unspecified atom stereocenters. The maximum atomic E-state index is 8.77. The van der Waals surface area contributed by atoms with E-state index in [1.54, 1.807) is 0 Å². The quantitative estimate of drug-likeness (QED) is 0.439. The van der Waals surface area contributed by atoms with Crippen LogP contribution < -0.4 is 5.32 Å². The van der Waals surface area contributed by atoms with Gasteiger partial charge in [-0.1, -0.05) is 13.8 Å². The molecular weight excluding hydrogens is 128 g/mol. The van der Waals surface area contributed by atoms with Gasteiger partial charge >= 0.3 is 0 Å². The van der Waals surface area contributed by atoms with E-state index in [1.807, 2.05) is 20.0 Å². The Bertz CT molecular complexity index is 117. The molecule has 58 valence electrons. The third-order valence-corrected chi connectivity index (χ3v) is 1.62. The standard InChI is InChI=1S/C7H14N2O/c1-6(2)7(4-10)3-9-5-8/h6-7,9-10H,3-4H2,1-2H3. The summed E-state index contributed by atoms with van der Waals surface area (Å²) in [7, 11) is 0. The lowest BCUT2D eigenvalue weighted by molar-refractivity contribution is 0.190. The first-order valence-corrected chi connectivity index (χ1v) is 3.45. The molecule has 0 amide bonds. The van der Waals surface area contributed by atoms with E-state index in [0.29, 0.717) is 12.5 Å². The maximum Gasteiger partial charge on any atom is 0.176 e. The Morgan fingerprint density at radius 1 is 1.60 bits per heavy atom. The predicted octanol–water partition coefficient (Wildman–Crippen LogP) is 0.322. The van der Waals surface area contributed by atoms with Gasteiger partial charge in [-0.2, -0.15) is 5.26 Å². The fraction of sp³-hybridized carbons (Fsp3) is 0.857. The molecule has 0 saturated carbocycles. The molecule has 0 saturated heterocycles. The van der Waals surface area contributed by atoms with Crippen LogP contribution in [-0.2, 0) is 0 Å². The molecule has 0 bridgehead atoms. The van der Waals surface area contributed by atoms with Crippen LogP contribution >= 0.6 is 0 Å². The molecule has 0 heterocycles. The number of aliphatic hydroxyl groups excluding tert-OH is 1. The highest BCUT2D eigenvalue weighted by atomic mass is 16.3. The lowest BCUT2D eigenvalue weighted by Gasteiger charge is -2.16. The summed E-state index contributed by atoms with van der Waals surface area (Å²) in [5.74, 6) is 0.616. The van der Waals surface area contributed by atoms with Crippen LogP contribution in [0.2, 0.25) is 0 Å². The topological polar surface area (TPSA) is 56.0 Å². The van der Waals surface area contributed by atoms with E-state index < -0.39 is 0 Å². The highest BCUT2D eigenvalue weighted by Crippen LogP contribution is 2.07. The van der Waals surface area contributed by atoms with Crippen molar-refractivity contribution in [1.82, 2.24) is 5.32 Å². The van der Waals surface area contributed by atoms with Gasteiger partial charge in [0.15, 0.2) is 6.19 Å². The number of hydrogen-bond acceptors (Lipinski definition) is 3. The number of aliphatic hydroxyl groups is 1. The number of hydrogen-bond donors (Lipinski definition) is 2. The van der Waals surface area contributed by atoms with E-state index in [1.165, 1.54) is 0 Å². The van der Waals surface area contributed by atoms with Crippen molar-refractivity contribution in [2.45, 2.75) is 13.8 Å². The minimum absolute atomic E-state index is 0.145. The van der Waals surface area contributed by atoms with Gasteiger partial charge in [0, 0.05) is 19.1 Å². The fourth-order valence-electron chi connectivity index (χ4n) is 0.688. The molecule has 0 aromatic heterocycles. The summed E-state index contributed by atoms with van der Waals surface area (Å²) < 4.78 is 0. The number of rotatable bonds is 4. The largest absolute Gasteiger partial charge is 0.396 e. The molecule has 3 nitrogen and oxygen atoms in total. The normalized spacial score (nSPS) is 12.7. The lowest BCUT2D eigenvalue weighted by atomic mass is 9.97. The molecule has 1 atom stereocenters. The van der Waals surface area contributed by atoms with Crippen LogP contribution in [0.3, 0.4) is 0 Å². The molecule has 0 aliphatic heterocycles. The molecule has 0 fully saturated rings. The second-order valence-electron chi connectivity index (χ2n) is 2.68. The average molecular weight is 142 g/mol. The number of nitriles is 1. The third-order valence-electron chi connectivity index (χ3n) is 1.62. The maximum absolute atomic E-state index is 8.77. The van der Waals surface area contributed by atoms with Crippen LogP contribution in [0.1, 0.15) is 13.8 Å². The van der Waals surface area contributed by atoms with Gasteiger partial charge in [0.05, 0.1) is 0 Å². The third kappa shape index (κ3) is 3.31. The SMILES string of the molecule is CC(C)C(CO)CNC#N. The van der Waals surface area contributed by atoms with Crippen LogP contribution in [0.5, 0.6) is 0 Å². The zero-order valence-corrected chi connectivity index (χ0v) is 6.46. The van der Waals surface area contributed by atoms with Crippen molar-refractivity contribution >= 4 is 0 Å². The average Bonchev–Trinajstić information content (AvgIpc) is 1.89. The molecule has 0 radical (unpaired) electrons. The van der Waals surface area contributed by atoms with Gasteiger partial charge in [-0.25, -0.2) is 0 Å². The molecule has 0 aliphatic carbocycles. The smallest absolute Gasteiger partial charge is 0.176 e. The summed E-state index contributed by atoms with van der Waals surface area (Å²) >= 11 is 0. The second-order valence-corrected chi connectivity index (χ2v) is 2.68. The first kappa shape index (κ1) is 9.25. The van der Waals surface area contributed by atoms with Crippen molar-refractivity contribution < 1.29 is 5.11 Å². The number of nitrogens with zero attached hydrogens (tertiary/aromatic N) is 1.